The van der Waals surface area contributed by atoms with Gasteiger partial charge in [-0.25, -0.2) is 24.0 Å². The summed E-state index contributed by atoms with van der Waals surface area (Å²) >= 11 is 0. The van der Waals surface area contributed by atoms with Gasteiger partial charge in [-0.05, 0) is 13.8 Å². The lowest BCUT2D eigenvalue weighted by Crippen LogP contribution is -2.31. The summed E-state index contributed by atoms with van der Waals surface area (Å²) in [6, 6.07) is 0. The van der Waals surface area contributed by atoms with E-state index in [-0.39, 0.29) is 0 Å². The molecule has 11 nitrogen and oxygen atoms in total. The molecule has 2 unspecified atom stereocenters. The number of hydrogen-bond acceptors (Lipinski definition) is 10. The van der Waals surface area contributed by atoms with Crippen LogP contribution in [0.15, 0.2) is 0 Å². The molecule has 0 aliphatic carbocycles. The number of rotatable bonds is 9. The lowest BCUT2D eigenvalue weighted by Gasteiger charge is -2.13. The SMILES string of the molecule is CC(OC(=O)COC(=O)C(C)OC(=O)COC(=O)CO)C(=O)O. The van der Waals surface area contributed by atoms with Crippen molar-refractivity contribution in [2.24, 2.45) is 0 Å². The Morgan fingerprint density at radius 1 is 0.826 bits per heavy atom. The molecule has 0 aromatic rings. The van der Waals surface area contributed by atoms with Crippen molar-refractivity contribution in [3.63, 3.8) is 0 Å². The fraction of sp³-hybridized carbons (Fsp3) is 0.583. The first kappa shape index (κ1) is 20.3. The fourth-order valence-corrected chi connectivity index (χ4v) is 0.993. The molecular formula is C12H16O11. The van der Waals surface area contributed by atoms with Crippen LogP contribution in [0.4, 0.5) is 0 Å². The van der Waals surface area contributed by atoms with Crippen LogP contribution in [0.25, 0.3) is 0 Å². The molecule has 0 aromatic heterocycles. The fourth-order valence-electron chi connectivity index (χ4n) is 0.993. The number of carboxylic acid groups (broad SMARTS) is 1. The van der Waals surface area contributed by atoms with Gasteiger partial charge in [0.2, 0.25) is 0 Å². The summed E-state index contributed by atoms with van der Waals surface area (Å²) in [5.41, 5.74) is 0. The van der Waals surface area contributed by atoms with E-state index in [4.69, 9.17) is 10.2 Å². The molecule has 0 aliphatic rings. The zero-order valence-electron chi connectivity index (χ0n) is 12.3. The largest absolute Gasteiger partial charge is 0.479 e. The van der Waals surface area contributed by atoms with E-state index in [0.29, 0.717) is 0 Å². The highest BCUT2D eigenvalue weighted by molar-refractivity contribution is 5.83. The second kappa shape index (κ2) is 10.1. The van der Waals surface area contributed by atoms with Gasteiger partial charge in [0, 0.05) is 0 Å². The average molecular weight is 336 g/mol. The Bertz CT molecular complexity index is 470. The molecule has 0 saturated heterocycles. The molecule has 23 heavy (non-hydrogen) atoms. The van der Waals surface area contributed by atoms with Crippen molar-refractivity contribution >= 4 is 29.8 Å². The number of aliphatic carboxylic acids is 1. The summed E-state index contributed by atoms with van der Waals surface area (Å²) in [6.45, 7) is -0.339. The minimum Gasteiger partial charge on any atom is -0.479 e. The Balaban J connectivity index is 4.11. The van der Waals surface area contributed by atoms with Crippen molar-refractivity contribution in [1.82, 2.24) is 0 Å². The van der Waals surface area contributed by atoms with Crippen LogP contribution in [0.1, 0.15) is 13.8 Å². The number of carbonyl (C=O) groups is 5. The number of carboxylic acids is 1. The molecule has 11 heteroatoms. The van der Waals surface area contributed by atoms with E-state index < -0.39 is 61.9 Å². The molecule has 2 atom stereocenters. The summed E-state index contributed by atoms with van der Waals surface area (Å²) in [4.78, 5) is 54.8. The van der Waals surface area contributed by atoms with Gasteiger partial charge in [0.05, 0.1) is 0 Å². The molecule has 0 amide bonds. The Hall–Kier alpha value is -2.69. The normalized spacial score (nSPS) is 12.5. The average Bonchev–Trinajstić information content (AvgIpc) is 2.49. The zero-order valence-corrected chi connectivity index (χ0v) is 12.3. The first-order valence-electron chi connectivity index (χ1n) is 6.22. The van der Waals surface area contributed by atoms with E-state index >= 15 is 0 Å². The molecule has 0 bridgehead atoms. The topological polar surface area (TPSA) is 163 Å². The van der Waals surface area contributed by atoms with Gasteiger partial charge in [-0.3, -0.25) is 0 Å². The smallest absolute Gasteiger partial charge is 0.347 e. The maximum Gasteiger partial charge on any atom is 0.347 e. The second-order valence-corrected chi connectivity index (χ2v) is 4.03. The van der Waals surface area contributed by atoms with Crippen LogP contribution in [0.5, 0.6) is 0 Å². The predicted octanol–water partition coefficient (Wildman–Crippen LogP) is -1.99. The Kier molecular flexibility index (Phi) is 8.92. The van der Waals surface area contributed by atoms with Crippen LogP contribution in [-0.2, 0) is 42.9 Å². The van der Waals surface area contributed by atoms with Crippen LogP contribution in [0.2, 0.25) is 0 Å². The highest BCUT2D eigenvalue weighted by Crippen LogP contribution is 1.98. The second-order valence-electron chi connectivity index (χ2n) is 4.03. The van der Waals surface area contributed by atoms with Crippen molar-refractivity contribution < 1.29 is 53.1 Å². The van der Waals surface area contributed by atoms with E-state index in [2.05, 4.69) is 18.9 Å². The van der Waals surface area contributed by atoms with Crippen LogP contribution in [0, 0.1) is 0 Å². The lowest BCUT2D eigenvalue weighted by atomic mass is 10.4. The first-order valence-corrected chi connectivity index (χ1v) is 6.22. The predicted molar refractivity (Wildman–Crippen MR) is 67.7 cm³/mol. The summed E-state index contributed by atoms with van der Waals surface area (Å²) < 4.78 is 17.7. The molecule has 130 valence electrons. The van der Waals surface area contributed by atoms with E-state index in [1.54, 1.807) is 0 Å². The molecule has 0 radical (unpaired) electrons. The van der Waals surface area contributed by atoms with Crippen molar-refractivity contribution in [3.8, 4) is 0 Å². The van der Waals surface area contributed by atoms with E-state index in [1.165, 1.54) is 0 Å². The number of aliphatic hydroxyl groups is 1. The highest BCUT2D eigenvalue weighted by atomic mass is 16.6. The highest BCUT2D eigenvalue weighted by Gasteiger charge is 2.22. The van der Waals surface area contributed by atoms with Gasteiger partial charge >= 0.3 is 29.8 Å². The van der Waals surface area contributed by atoms with Crippen molar-refractivity contribution in [2.75, 3.05) is 19.8 Å². The summed E-state index contributed by atoms with van der Waals surface area (Å²) in [6.07, 6.45) is -2.81. The molecule has 0 aromatic carbocycles. The first-order chi connectivity index (χ1) is 10.7. The molecule has 0 heterocycles. The van der Waals surface area contributed by atoms with Gasteiger partial charge in [0.25, 0.3) is 0 Å². The maximum absolute atomic E-state index is 11.4. The molecule has 0 rings (SSSR count). The quantitative estimate of drug-likeness (QED) is 0.354. The standard InChI is InChI=1S/C12H16O11/c1-6(11(17)18)22-10(16)5-21-12(19)7(2)23-9(15)4-20-8(14)3-13/h6-7,13H,3-5H2,1-2H3,(H,17,18). The third kappa shape index (κ3) is 9.03. The molecule has 0 fully saturated rings. The Morgan fingerprint density at radius 2 is 1.30 bits per heavy atom. The van der Waals surface area contributed by atoms with Gasteiger partial charge in [-0.1, -0.05) is 0 Å². The third-order valence-corrected chi connectivity index (χ3v) is 2.11. The molecular weight excluding hydrogens is 320 g/mol. The van der Waals surface area contributed by atoms with E-state index in [1.807, 2.05) is 0 Å². The molecule has 0 spiro atoms. The lowest BCUT2D eigenvalue weighted by molar-refractivity contribution is -0.177. The molecule has 0 aliphatic heterocycles. The van der Waals surface area contributed by atoms with Crippen molar-refractivity contribution in [1.29, 1.82) is 0 Å². The summed E-state index contributed by atoms with van der Waals surface area (Å²) in [5, 5.41) is 16.9. The number of hydrogen-bond donors (Lipinski definition) is 2. The summed E-state index contributed by atoms with van der Waals surface area (Å²) in [7, 11) is 0. The number of carbonyl (C=O) groups excluding carboxylic acids is 4. The maximum atomic E-state index is 11.4. The van der Waals surface area contributed by atoms with Crippen LogP contribution >= 0.6 is 0 Å². The number of esters is 4. The summed E-state index contributed by atoms with van der Waals surface area (Å²) in [5.74, 6) is -5.68. The van der Waals surface area contributed by atoms with Gasteiger partial charge in [0.15, 0.2) is 25.4 Å². The number of ether oxygens (including phenoxy) is 4. The zero-order chi connectivity index (χ0) is 18.0. The minimum atomic E-state index is -1.40. The number of aliphatic hydroxyl groups excluding tert-OH is 1. The van der Waals surface area contributed by atoms with Crippen LogP contribution in [0.3, 0.4) is 0 Å². The monoisotopic (exact) mass is 336 g/mol. The van der Waals surface area contributed by atoms with Gasteiger partial charge in [0.1, 0.15) is 6.61 Å². The minimum absolute atomic E-state index is 0.810. The van der Waals surface area contributed by atoms with Crippen LogP contribution < -0.4 is 0 Å². The Labute approximate surface area is 130 Å². The third-order valence-electron chi connectivity index (χ3n) is 2.11. The van der Waals surface area contributed by atoms with Crippen molar-refractivity contribution in [2.45, 2.75) is 26.1 Å². The van der Waals surface area contributed by atoms with E-state index in [9.17, 15) is 24.0 Å². The molecule has 2 N–H and O–H groups in total. The van der Waals surface area contributed by atoms with Gasteiger partial charge < -0.3 is 29.2 Å². The molecule has 0 saturated carbocycles. The van der Waals surface area contributed by atoms with Gasteiger partial charge in [-0.15, -0.1) is 0 Å². The van der Waals surface area contributed by atoms with E-state index in [0.717, 1.165) is 13.8 Å². The van der Waals surface area contributed by atoms with Crippen molar-refractivity contribution in [3.05, 3.63) is 0 Å². The van der Waals surface area contributed by atoms with Crippen LogP contribution in [-0.4, -0.2) is 72.1 Å². The Morgan fingerprint density at radius 3 is 1.78 bits per heavy atom. The van der Waals surface area contributed by atoms with Gasteiger partial charge in [-0.2, -0.15) is 0 Å².